The fraction of sp³-hybridized carbons (Fsp3) is 0.385. The van der Waals surface area contributed by atoms with Gasteiger partial charge in [0.05, 0.1) is 0 Å². The highest BCUT2D eigenvalue weighted by molar-refractivity contribution is 5.81. The molecule has 1 aromatic rings. The van der Waals surface area contributed by atoms with Crippen molar-refractivity contribution in [3.05, 3.63) is 30.3 Å². The van der Waals surface area contributed by atoms with E-state index < -0.39 is 18.1 Å². The Labute approximate surface area is 106 Å². The molecule has 5 nitrogen and oxygen atoms in total. The molecule has 0 aromatic heterocycles. The lowest BCUT2D eigenvalue weighted by Gasteiger charge is -2.26. The van der Waals surface area contributed by atoms with Crippen molar-refractivity contribution in [1.82, 2.24) is 4.90 Å². The van der Waals surface area contributed by atoms with E-state index in [1.165, 1.54) is 7.05 Å². The van der Waals surface area contributed by atoms with Crippen molar-refractivity contribution in [2.24, 2.45) is 5.92 Å². The summed E-state index contributed by atoms with van der Waals surface area (Å²) < 4.78 is 5.08. The smallest absolute Gasteiger partial charge is 0.415 e. The van der Waals surface area contributed by atoms with Gasteiger partial charge in [-0.05, 0) is 18.1 Å². The van der Waals surface area contributed by atoms with Crippen molar-refractivity contribution in [2.45, 2.75) is 19.9 Å². The molecular formula is C13H17NO4. The number of ether oxygens (including phenoxy) is 1. The van der Waals surface area contributed by atoms with E-state index in [1.54, 1.807) is 44.2 Å². The van der Waals surface area contributed by atoms with Crippen molar-refractivity contribution in [3.63, 3.8) is 0 Å². The van der Waals surface area contributed by atoms with Gasteiger partial charge in [-0.25, -0.2) is 9.59 Å². The minimum absolute atomic E-state index is 0.198. The van der Waals surface area contributed by atoms with Crippen LogP contribution >= 0.6 is 0 Å². The van der Waals surface area contributed by atoms with E-state index in [-0.39, 0.29) is 5.92 Å². The molecule has 1 N–H and O–H groups in total. The maximum atomic E-state index is 11.8. The average molecular weight is 251 g/mol. The summed E-state index contributed by atoms with van der Waals surface area (Å²) in [5.74, 6) is -0.851. The number of nitrogens with zero attached hydrogens (tertiary/aromatic N) is 1. The molecule has 1 rings (SSSR count). The number of hydrogen-bond donors (Lipinski definition) is 1. The van der Waals surface area contributed by atoms with E-state index in [2.05, 4.69) is 0 Å². The number of carbonyl (C=O) groups excluding carboxylic acids is 1. The molecule has 0 fully saturated rings. The minimum atomic E-state index is -1.04. The molecule has 1 amide bonds. The van der Waals surface area contributed by atoms with E-state index in [0.717, 1.165) is 4.90 Å². The van der Waals surface area contributed by atoms with Crippen LogP contribution in [0.5, 0.6) is 5.75 Å². The highest BCUT2D eigenvalue weighted by Crippen LogP contribution is 2.14. The highest BCUT2D eigenvalue weighted by Gasteiger charge is 2.30. The van der Waals surface area contributed by atoms with Crippen LogP contribution in [0, 0.1) is 5.92 Å². The molecule has 0 bridgehead atoms. The minimum Gasteiger partial charge on any atom is -0.480 e. The second kappa shape index (κ2) is 6.05. The predicted molar refractivity (Wildman–Crippen MR) is 66.5 cm³/mol. The zero-order valence-electron chi connectivity index (χ0n) is 10.7. The number of rotatable bonds is 4. The first-order valence-corrected chi connectivity index (χ1v) is 5.66. The quantitative estimate of drug-likeness (QED) is 0.891. The summed E-state index contributed by atoms with van der Waals surface area (Å²) in [5, 5.41) is 9.08. The van der Waals surface area contributed by atoms with Gasteiger partial charge in [0.25, 0.3) is 0 Å². The fourth-order valence-corrected chi connectivity index (χ4v) is 1.67. The fourth-order valence-electron chi connectivity index (χ4n) is 1.67. The summed E-state index contributed by atoms with van der Waals surface area (Å²) in [6, 6.07) is 7.64. The topological polar surface area (TPSA) is 66.8 Å². The number of benzene rings is 1. The Morgan fingerprint density at radius 1 is 1.22 bits per heavy atom. The number of carboxylic acids is 1. The number of hydrogen-bond acceptors (Lipinski definition) is 3. The van der Waals surface area contributed by atoms with Crippen molar-refractivity contribution in [3.8, 4) is 5.75 Å². The molecule has 0 aliphatic carbocycles. The van der Waals surface area contributed by atoms with Crippen LogP contribution in [0.3, 0.4) is 0 Å². The van der Waals surface area contributed by atoms with Crippen LogP contribution in [0.4, 0.5) is 4.79 Å². The van der Waals surface area contributed by atoms with Crippen molar-refractivity contribution >= 4 is 12.1 Å². The van der Waals surface area contributed by atoms with Crippen LogP contribution in [-0.2, 0) is 4.79 Å². The van der Waals surface area contributed by atoms with Crippen molar-refractivity contribution in [1.29, 1.82) is 0 Å². The normalized spacial score (nSPS) is 12.0. The van der Waals surface area contributed by atoms with Crippen molar-refractivity contribution in [2.75, 3.05) is 7.05 Å². The van der Waals surface area contributed by atoms with E-state index in [1.807, 2.05) is 0 Å². The van der Waals surface area contributed by atoms with Gasteiger partial charge in [-0.1, -0.05) is 32.0 Å². The molecule has 18 heavy (non-hydrogen) atoms. The third kappa shape index (κ3) is 3.48. The van der Waals surface area contributed by atoms with Gasteiger partial charge in [-0.2, -0.15) is 0 Å². The molecule has 0 spiro atoms. The third-order valence-electron chi connectivity index (χ3n) is 2.54. The Kier molecular flexibility index (Phi) is 4.71. The summed E-state index contributed by atoms with van der Waals surface area (Å²) in [4.78, 5) is 24.0. The van der Waals surface area contributed by atoms with Gasteiger partial charge in [-0.15, -0.1) is 0 Å². The van der Waals surface area contributed by atoms with Crippen LogP contribution in [-0.4, -0.2) is 35.2 Å². The standard InChI is InChI=1S/C13H17NO4/c1-9(2)11(12(15)16)14(3)13(17)18-10-7-5-4-6-8-10/h4-9,11H,1-3H3,(H,15,16)/t11-/m0/s1. The Morgan fingerprint density at radius 2 is 1.78 bits per heavy atom. The molecule has 0 aliphatic rings. The number of aliphatic carboxylic acids is 1. The second-order valence-electron chi connectivity index (χ2n) is 4.32. The maximum Gasteiger partial charge on any atom is 0.415 e. The number of para-hydroxylation sites is 1. The van der Waals surface area contributed by atoms with E-state index in [4.69, 9.17) is 9.84 Å². The summed E-state index contributed by atoms with van der Waals surface area (Å²) in [6.45, 7) is 3.48. The number of likely N-dealkylation sites (N-methyl/N-ethyl adjacent to an activating group) is 1. The average Bonchev–Trinajstić information content (AvgIpc) is 2.29. The van der Waals surface area contributed by atoms with Crippen LogP contribution in [0.1, 0.15) is 13.8 Å². The lowest BCUT2D eigenvalue weighted by atomic mass is 10.0. The van der Waals surface area contributed by atoms with Gasteiger partial charge < -0.3 is 9.84 Å². The first-order valence-electron chi connectivity index (χ1n) is 5.66. The largest absolute Gasteiger partial charge is 0.480 e. The molecule has 0 heterocycles. The Balaban J connectivity index is 2.74. The summed E-state index contributed by atoms with van der Waals surface area (Å²) in [5.41, 5.74) is 0. The van der Waals surface area contributed by atoms with E-state index in [0.29, 0.717) is 5.75 Å². The van der Waals surface area contributed by atoms with Gasteiger partial charge in [0.1, 0.15) is 11.8 Å². The Hall–Kier alpha value is -2.04. The maximum absolute atomic E-state index is 11.8. The lowest BCUT2D eigenvalue weighted by Crippen LogP contribution is -2.46. The van der Waals surface area contributed by atoms with Gasteiger partial charge in [0.15, 0.2) is 0 Å². The monoisotopic (exact) mass is 251 g/mol. The van der Waals surface area contributed by atoms with Crippen LogP contribution in [0.2, 0.25) is 0 Å². The lowest BCUT2D eigenvalue weighted by molar-refractivity contribution is -0.143. The van der Waals surface area contributed by atoms with E-state index in [9.17, 15) is 9.59 Å². The summed E-state index contributed by atoms with van der Waals surface area (Å²) >= 11 is 0. The highest BCUT2D eigenvalue weighted by atomic mass is 16.6. The summed E-state index contributed by atoms with van der Waals surface area (Å²) in [6.07, 6.45) is -0.678. The number of carboxylic acid groups (broad SMARTS) is 1. The Bertz CT molecular complexity index is 416. The molecule has 5 heteroatoms. The van der Waals surface area contributed by atoms with Crippen LogP contribution < -0.4 is 4.74 Å². The molecule has 0 unspecified atom stereocenters. The third-order valence-corrected chi connectivity index (χ3v) is 2.54. The molecule has 0 saturated carbocycles. The molecular weight excluding hydrogens is 234 g/mol. The zero-order valence-corrected chi connectivity index (χ0v) is 10.7. The zero-order chi connectivity index (χ0) is 13.7. The first-order chi connectivity index (χ1) is 8.43. The molecule has 0 aliphatic heterocycles. The van der Waals surface area contributed by atoms with Crippen molar-refractivity contribution < 1.29 is 19.4 Å². The van der Waals surface area contributed by atoms with Gasteiger partial charge >= 0.3 is 12.1 Å². The summed E-state index contributed by atoms with van der Waals surface area (Å²) in [7, 11) is 1.42. The molecule has 1 aromatic carbocycles. The van der Waals surface area contributed by atoms with Gasteiger partial charge in [0, 0.05) is 7.05 Å². The van der Waals surface area contributed by atoms with Crippen LogP contribution in [0.25, 0.3) is 0 Å². The van der Waals surface area contributed by atoms with Gasteiger partial charge in [-0.3, -0.25) is 4.90 Å². The first kappa shape index (κ1) is 14.0. The Morgan fingerprint density at radius 3 is 2.22 bits per heavy atom. The molecule has 1 atom stereocenters. The predicted octanol–water partition coefficient (Wildman–Crippen LogP) is 2.23. The molecule has 98 valence electrons. The number of carbonyl (C=O) groups is 2. The van der Waals surface area contributed by atoms with Crippen LogP contribution in [0.15, 0.2) is 30.3 Å². The van der Waals surface area contributed by atoms with Gasteiger partial charge in [0.2, 0.25) is 0 Å². The van der Waals surface area contributed by atoms with E-state index >= 15 is 0 Å². The SMILES string of the molecule is CC(C)[C@@H](C(=O)O)N(C)C(=O)Oc1ccccc1. The second-order valence-corrected chi connectivity index (χ2v) is 4.32. The molecule has 0 saturated heterocycles. The number of amides is 1. The molecule has 0 radical (unpaired) electrons.